The molecule has 0 spiro atoms. The van der Waals surface area contributed by atoms with Gasteiger partial charge in [0.05, 0.1) is 6.04 Å². The van der Waals surface area contributed by atoms with Gasteiger partial charge < -0.3 is 4.52 Å². The molecular formula is C19H21N5O. The molecule has 0 radical (unpaired) electrons. The van der Waals surface area contributed by atoms with E-state index in [0.29, 0.717) is 11.9 Å². The first kappa shape index (κ1) is 15.9. The largest absolute Gasteiger partial charge is 0.361 e. The van der Waals surface area contributed by atoms with Crippen LogP contribution in [0.1, 0.15) is 42.3 Å². The fourth-order valence-electron chi connectivity index (χ4n) is 3.36. The predicted molar refractivity (Wildman–Crippen MR) is 93.5 cm³/mol. The topological polar surface area (TPSA) is 67.9 Å². The van der Waals surface area contributed by atoms with E-state index in [1.54, 1.807) is 6.20 Å². The van der Waals surface area contributed by atoms with Crippen molar-refractivity contribution in [1.82, 2.24) is 25.0 Å². The number of likely N-dealkylation sites (tertiary alicyclic amines) is 1. The van der Waals surface area contributed by atoms with Crippen molar-refractivity contribution >= 4 is 0 Å². The van der Waals surface area contributed by atoms with E-state index in [4.69, 9.17) is 4.52 Å². The van der Waals surface area contributed by atoms with E-state index < -0.39 is 0 Å². The first-order valence-electron chi connectivity index (χ1n) is 8.69. The molecular weight excluding hydrogens is 314 g/mol. The zero-order valence-corrected chi connectivity index (χ0v) is 14.3. The van der Waals surface area contributed by atoms with Crippen molar-refractivity contribution in [3.05, 3.63) is 59.9 Å². The van der Waals surface area contributed by atoms with E-state index in [1.807, 2.05) is 43.6 Å². The van der Waals surface area contributed by atoms with E-state index in [0.717, 1.165) is 42.2 Å². The van der Waals surface area contributed by atoms with Gasteiger partial charge in [-0.05, 0) is 38.4 Å². The van der Waals surface area contributed by atoms with Gasteiger partial charge in [0.25, 0.3) is 0 Å². The molecule has 3 aromatic rings. The molecule has 25 heavy (non-hydrogen) atoms. The molecule has 1 atom stereocenters. The van der Waals surface area contributed by atoms with E-state index in [-0.39, 0.29) is 0 Å². The van der Waals surface area contributed by atoms with Crippen LogP contribution in [0.3, 0.4) is 0 Å². The van der Waals surface area contributed by atoms with Crippen molar-refractivity contribution in [2.24, 2.45) is 0 Å². The highest BCUT2D eigenvalue weighted by Crippen LogP contribution is 2.31. The molecule has 4 heterocycles. The van der Waals surface area contributed by atoms with Gasteiger partial charge in [-0.15, -0.1) is 0 Å². The Hall–Kier alpha value is -2.60. The molecule has 0 amide bonds. The molecule has 1 aliphatic heterocycles. The van der Waals surface area contributed by atoms with E-state index >= 15 is 0 Å². The average molecular weight is 335 g/mol. The summed E-state index contributed by atoms with van der Waals surface area (Å²) in [4.78, 5) is 15.7. The van der Waals surface area contributed by atoms with E-state index in [1.165, 1.54) is 12.8 Å². The number of aryl methyl sites for hydroxylation is 1. The second kappa shape index (κ2) is 7.11. The maximum Gasteiger partial charge on any atom is 0.178 e. The summed E-state index contributed by atoms with van der Waals surface area (Å²) in [6.07, 6.45) is 9.10. The van der Waals surface area contributed by atoms with Crippen molar-refractivity contribution in [2.45, 2.75) is 38.8 Å². The number of hydrogen-bond donors (Lipinski definition) is 0. The van der Waals surface area contributed by atoms with Gasteiger partial charge in [-0.2, -0.15) is 0 Å². The van der Waals surface area contributed by atoms with Crippen molar-refractivity contribution in [3.8, 4) is 11.5 Å². The van der Waals surface area contributed by atoms with Crippen LogP contribution in [-0.2, 0) is 6.54 Å². The summed E-state index contributed by atoms with van der Waals surface area (Å²) in [7, 11) is 0. The number of rotatable bonds is 4. The Labute approximate surface area is 146 Å². The smallest absolute Gasteiger partial charge is 0.178 e. The molecule has 1 fully saturated rings. The monoisotopic (exact) mass is 335 g/mol. The molecule has 6 heteroatoms. The summed E-state index contributed by atoms with van der Waals surface area (Å²) in [5.74, 6) is 1.52. The molecule has 0 saturated carbocycles. The van der Waals surface area contributed by atoms with Crippen LogP contribution in [0.4, 0.5) is 0 Å². The number of aromatic nitrogens is 4. The number of hydrogen-bond acceptors (Lipinski definition) is 6. The van der Waals surface area contributed by atoms with Crippen molar-refractivity contribution in [1.29, 1.82) is 0 Å². The number of piperidine rings is 1. The van der Waals surface area contributed by atoms with Crippen LogP contribution in [0.5, 0.6) is 0 Å². The molecule has 128 valence electrons. The molecule has 1 aliphatic rings. The van der Waals surface area contributed by atoms with Crippen molar-refractivity contribution in [2.75, 3.05) is 6.54 Å². The third-order valence-corrected chi connectivity index (χ3v) is 4.59. The Bertz CT molecular complexity index is 815. The molecule has 4 rings (SSSR count). The van der Waals surface area contributed by atoms with Gasteiger partial charge in [0, 0.05) is 36.8 Å². The van der Waals surface area contributed by atoms with Crippen molar-refractivity contribution in [3.63, 3.8) is 0 Å². The van der Waals surface area contributed by atoms with Gasteiger partial charge in [0.1, 0.15) is 17.1 Å². The third kappa shape index (κ3) is 3.58. The summed E-state index contributed by atoms with van der Waals surface area (Å²) in [6, 6.07) is 8.10. The Balaban J connectivity index is 1.50. The molecule has 3 aromatic heterocycles. The van der Waals surface area contributed by atoms with E-state index in [2.05, 4.69) is 25.0 Å². The van der Waals surface area contributed by atoms with Gasteiger partial charge in [-0.25, -0.2) is 9.97 Å². The van der Waals surface area contributed by atoms with E-state index in [9.17, 15) is 0 Å². The lowest BCUT2D eigenvalue weighted by Gasteiger charge is -2.34. The summed E-state index contributed by atoms with van der Waals surface area (Å²) in [5.41, 5.74) is 2.93. The van der Waals surface area contributed by atoms with Crippen LogP contribution in [0, 0.1) is 6.92 Å². The highest BCUT2D eigenvalue weighted by Gasteiger charge is 2.26. The van der Waals surface area contributed by atoms with Gasteiger partial charge >= 0.3 is 0 Å². The maximum atomic E-state index is 5.27. The lowest BCUT2D eigenvalue weighted by molar-refractivity contribution is 0.133. The van der Waals surface area contributed by atoms with Crippen LogP contribution >= 0.6 is 0 Å². The third-order valence-electron chi connectivity index (χ3n) is 4.59. The fourth-order valence-corrected chi connectivity index (χ4v) is 3.36. The predicted octanol–water partition coefficient (Wildman–Crippen LogP) is 3.56. The Morgan fingerprint density at radius 2 is 2.04 bits per heavy atom. The highest BCUT2D eigenvalue weighted by molar-refractivity contribution is 5.47. The second-order valence-corrected chi connectivity index (χ2v) is 6.47. The second-order valence-electron chi connectivity index (χ2n) is 6.47. The van der Waals surface area contributed by atoms with Crippen LogP contribution in [0.25, 0.3) is 11.5 Å². The lowest BCUT2D eigenvalue weighted by Crippen LogP contribution is -2.33. The quantitative estimate of drug-likeness (QED) is 0.726. The first-order valence-corrected chi connectivity index (χ1v) is 8.69. The molecule has 0 bridgehead atoms. The first-order chi connectivity index (χ1) is 12.3. The summed E-state index contributed by atoms with van der Waals surface area (Å²) in [5, 5.41) is 4.23. The maximum absolute atomic E-state index is 5.27. The average Bonchev–Trinajstić information content (AvgIpc) is 3.10. The SMILES string of the molecule is Cc1cc([C@@H]2CCCCN2Cc2cnc(-c3ccccn3)nc2)no1. The van der Waals surface area contributed by atoms with Crippen LogP contribution in [0.15, 0.2) is 47.4 Å². The van der Waals surface area contributed by atoms with Gasteiger partial charge in [0.2, 0.25) is 0 Å². The highest BCUT2D eigenvalue weighted by atomic mass is 16.5. The minimum absolute atomic E-state index is 0.307. The Morgan fingerprint density at radius 1 is 1.16 bits per heavy atom. The number of pyridine rings is 1. The van der Waals surface area contributed by atoms with Crippen LogP contribution in [0.2, 0.25) is 0 Å². The van der Waals surface area contributed by atoms with Gasteiger partial charge in [0.15, 0.2) is 5.82 Å². The molecule has 0 aromatic carbocycles. The van der Waals surface area contributed by atoms with Crippen molar-refractivity contribution < 1.29 is 4.52 Å². The molecule has 1 saturated heterocycles. The van der Waals surface area contributed by atoms with Gasteiger partial charge in [-0.3, -0.25) is 9.88 Å². The zero-order valence-electron chi connectivity index (χ0n) is 14.3. The minimum Gasteiger partial charge on any atom is -0.361 e. The standard InChI is InChI=1S/C19H21N5O/c1-14-10-17(23-25-14)18-7-3-5-9-24(18)13-15-11-21-19(22-12-15)16-6-2-4-8-20-16/h2,4,6,8,10-12,18H,3,5,7,9,13H2,1H3/t18-/m0/s1. The van der Waals surface area contributed by atoms with Crippen LogP contribution in [-0.4, -0.2) is 31.6 Å². The van der Waals surface area contributed by atoms with Gasteiger partial charge in [-0.1, -0.05) is 17.6 Å². The normalized spacial score (nSPS) is 18.4. The fraction of sp³-hybridized carbons (Fsp3) is 0.368. The summed E-state index contributed by atoms with van der Waals surface area (Å²) in [6.45, 7) is 3.81. The molecule has 0 N–H and O–H groups in total. The Morgan fingerprint density at radius 3 is 2.76 bits per heavy atom. The minimum atomic E-state index is 0.307. The summed E-state index contributed by atoms with van der Waals surface area (Å²) < 4.78 is 5.27. The zero-order chi connectivity index (χ0) is 17.1. The molecule has 6 nitrogen and oxygen atoms in total. The molecule has 0 aliphatic carbocycles. The van der Waals surface area contributed by atoms with Crippen LogP contribution < -0.4 is 0 Å². The lowest BCUT2D eigenvalue weighted by atomic mass is 9.98. The Kier molecular flexibility index (Phi) is 4.52. The summed E-state index contributed by atoms with van der Waals surface area (Å²) >= 11 is 0. The molecule has 0 unspecified atom stereocenters. The number of nitrogens with zero attached hydrogens (tertiary/aromatic N) is 5.